The van der Waals surface area contributed by atoms with Gasteiger partial charge in [-0.3, -0.25) is 29.4 Å². The molecule has 0 aromatic heterocycles. The highest BCUT2D eigenvalue weighted by Gasteiger charge is 2.29. The Morgan fingerprint density at radius 3 is 2.42 bits per heavy atom. The van der Waals surface area contributed by atoms with Gasteiger partial charge in [-0.15, -0.1) is 0 Å². The lowest BCUT2D eigenvalue weighted by molar-refractivity contribution is -0.384. The van der Waals surface area contributed by atoms with Crippen LogP contribution in [0.15, 0.2) is 72.8 Å². The normalized spacial score (nSPS) is 12.4. The average molecular weight is 446 g/mol. The summed E-state index contributed by atoms with van der Waals surface area (Å²) in [5.74, 6) is -1.04. The van der Waals surface area contributed by atoms with Gasteiger partial charge < -0.3 is 15.4 Å². The van der Waals surface area contributed by atoms with Gasteiger partial charge in [0.05, 0.1) is 10.6 Å². The van der Waals surface area contributed by atoms with Crippen molar-refractivity contribution < 1.29 is 24.0 Å². The molecule has 1 aliphatic rings. The number of nitro benzene ring substituents is 1. The molecule has 0 saturated carbocycles. The number of non-ortho nitro benzene ring substituents is 1. The zero-order valence-corrected chi connectivity index (χ0v) is 17.2. The van der Waals surface area contributed by atoms with Gasteiger partial charge in [0, 0.05) is 29.1 Å². The SMILES string of the molecule is O=C(CN1C(=O)COc2ccc([N+](=O)[O-])cc21)Nc1cccc(NC(=O)c2ccccc2)c1. The molecule has 0 radical (unpaired) electrons. The molecular weight excluding hydrogens is 428 g/mol. The Labute approximate surface area is 187 Å². The van der Waals surface area contributed by atoms with Crippen LogP contribution in [-0.2, 0) is 9.59 Å². The van der Waals surface area contributed by atoms with E-state index < -0.39 is 16.7 Å². The van der Waals surface area contributed by atoms with Crippen LogP contribution >= 0.6 is 0 Å². The average Bonchev–Trinajstić information content (AvgIpc) is 2.81. The maximum atomic E-state index is 12.6. The molecule has 166 valence electrons. The molecular formula is C23H18N4O6. The third-order valence-electron chi connectivity index (χ3n) is 4.84. The van der Waals surface area contributed by atoms with Crippen molar-refractivity contribution in [3.05, 3.63) is 88.5 Å². The fourth-order valence-corrected chi connectivity index (χ4v) is 3.29. The zero-order valence-electron chi connectivity index (χ0n) is 17.2. The number of hydrogen-bond donors (Lipinski definition) is 2. The number of nitrogens with one attached hydrogen (secondary N) is 2. The molecule has 0 atom stereocenters. The monoisotopic (exact) mass is 446 g/mol. The molecule has 3 amide bonds. The minimum atomic E-state index is -0.590. The van der Waals surface area contributed by atoms with Crippen molar-refractivity contribution >= 4 is 40.5 Å². The van der Waals surface area contributed by atoms with Gasteiger partial charge in [-0.2, -0.15) is 0 Å². The molecule has 0 fully saturated rings. The van der Waals surface area contributed by atoms with E-state index in [1.807, 2.05) is 6.07 Å². The summed E-state index contributed by atoms with van der Waals surface area (Å²) in [6.45, 7) is -0.643. The standard InChI is InChI=1S/C23H18N4O6/c28-21(13-26-19-12-18(27(31)32)9-10-20(19)33-14-22(26)29)24-16-7-4-8-17(11-16)25-23(30)15-5-2-1-3-6-15/h1-12H,13-14H2,(H,24,28)(H,25,30). The van der Waals surface area contributed by atoms with Crippen molar-refractivity contribution in [1.82, 2.24) is 0 Å². The summed E-state index contributed by atoms with van der Waals surface area (Å²) >= 11 is 0. The number of anilines is 3. The molecule has 3 aromatic rings. The van der Waals surface area contributed by atoms with Crippen molar-refractivity contribution in [1.29, 1.82) is 0 Å². The second kappa shape index (κ2) is 9.18. The van der Waals surface area contributed by atoms with E-state index in [4.69, 9.17) is 4.74 Å². The van der Waals surface area contributed by atoms with Crippen LogP contribution in [0.4, 0.5) is 22.7 Å². The van der Waals surface area contributed by atoms with E-state index in [0.29, 0.717) is 16.9 Å². The number of ether oxygens (including phenoxy) is 1. The van der Waals surface area contributed by atoms with Crippen LogP contribution in [0, 0.1) is 10.1 Å². The lowest BCUT2D eigenvalue weighted by Crippen LogP contribution is -2.43. The van der Waals surface area contributed by atoms with E-state index in [2.05, 4.69) is 10.6 Å². The number of nitro groups is 1. The second-order valence-electron chi connectivity index (χ2n) is 7.13. The van der Waals surface area contributed by atoms with Gasteiger partial charge in [0.2, 0.25) is 5.91 Å². The van der Waals surface area contributed by atoms with Crippen LogP contribution in [0.3, 0.4) is 0 Å². The molecule has 4 rings (SSSR count). The van der Waals surface area contributed by atoms with E-state index in [9.17, 15) is 24.5 Å². The largest absolute Gasteiger partial charge is 0.482 e. The summed E-state index contributed by atoms with van der Waals surface area (Å²) in [5.41, 5.74) is 1.31. The zero-order chi connectivity index (χ0) is 23.4. The summed E-state index contributed by atoms with van der Waals surface area (Å²) in [7, 11) is 0. The number of amides is 3. The maximum Gasteiger partial charge on any atom is 0.271 e. The molecule has 10 heteroatoms. The molecule has 1 aliphatic heterocycles. The predicted octanol–water partition coefficient (Wildman–Crippen LogP) is 3.21. The second-order valence-corrected chi connectivity index (χ2v) is 7.13. The summed E-state index contributed by atoms with van der Waals surface area (Å²) < 4.78 is 5.30. The van der Waals surface area contributed by atoms with Crippen molar-refractivity contribution in [3.8, 4) is 5.75 Å². The fraction of sp³-hybridized carbons (Fsp3) is 0.0870. The highest BCUT2D eigenvalue weighted by Crippen LogP contribution is 2.35. The topological polar surface area (TPSA) is 131 Å². The molecule has 0 bridgehead atoms. The Kier molecular flexibility index (Phi) is 5.98. The quantitative estimate of drug-likeness (QED) is 0.442. The molecule has 10 nitrogen and oxygen atoms in total. The first kappa shape index (κ1) is 21.5. The van der Waals surface area contributed by atoms with E-state index in [-0.39, 0.29) is 36.2 Å². The van der Waals surface area contributed by atoms with Gasteiger partial charge in [0.1, 0.15) is 12.3 Å². The minimum absolute atomic E-state index is 0.152. The van der Waals surface area contributed by atoms with Crippen LogP contribution in [0.2, 0.25) is 0 Å². The van der Waals surface area contributed by atoms with Crippen molar-refractivity contribution in [2.45, 2.75) is 0 Å². The maximum absolute atomic E-state index is 12.6. The Hall–Kier alpha value is -4.73. The molecule has 2 N–H and O–H groups in total. The third kappa shape index (κ3) is 4.96. The molecule has 0 aliphatic carbocycles. The lowest BCUT2D eigenvalue weighted by atomic mass is 10.2. The van der Waals surface area contributed by atoms with E-state index in [0.717, 1.165) is 4.90 Å². The van der Waals surface area contributed by atoms with E-state index >= 15 is 0 Å². The summed E-state index contributed by atoms with van der Waals surface area (Å²) in [6.07, 6.45) is 0. The van der Waals surface area contributed by atoms with Crippen molar-refractivity contribution in [2.75, 3.05) is 28.7 Å². The van der Waals surface area contributed by atoms with E-state index in [1.165, 1.54) is 18.2 Å². The van der Waals surface area contributed by atoms with Crippen molar-refractivity contribution in [2.24, 2.45) is 0 Å². The van der Waals surface area contributed by atoms with Crippen LogP contribution in [0.1, 0.15) is 10.4 Å². The Morgan fingerprint density at radius 1 is 0.970 bits per heavy atom. The van der Waals surface area contributed by atoms with Crippen molar-refractivity contribution in [3.63, 3.8) is 0 Å². The van der Waals surface area contributed by atoms with Crippen LogP contribution < -0.4 is 20.3 Å². The first-order chi connectivity index (χ1) is 15.9. The summed E-state index contributed by atoms with van der Waals surface area (Å²) in [5, 5.41) is 16.5. The van der Waals surface area contributed by atoms with Gasteiger partial charge in [0.15, 0.2) is 6.61 Å². The third-order valence-corrected chi connectivity index (χ3v) is 4.84. The fourth-order valence-electron chi connectivity index (χ4n) is 3.29. The first-order valence-electron chi connectivity index (χ1n) is 9.88. The van der Waals surface area contributed by atoms with Gasteiger partial charge in [-0.25, -0.2) is 0 Å². The highest BCUT2D eigenvalue weighted by atomic mass is 16.6. The summed E-state index contributed by atoms with van der Waals surface area (Å²) in [6, 6.07) is 19.1. The number of carbonyl (C=O) groups excluding carboxylic acids is 3. The van der Waals surface area contributed by atoms with Crippen LogP contribution in [-0.4, -0.2) is 35.8 Å². The molecule has 33 heavy (non-hydrogen) atoms. The molecule has 0 unspecified atom stereocenters. The number of fused-ring (bicyclic) bond motifs is 1. The lowest BCUT2D eigenvalue weighted by Gasteiger charge is -2.28. The Bertz CT molecular complexity index is 1240. The highest BCUT2D eigenvalue weighted by molar-refractivity contribution is 6.06. The number of hydrogen-bond acceptors (Lipinski definition) is 6. The number of nitrogens with zero attached hydrogens (tertiary/aromatic N) is 2. The summed E-state index contributed by atoms with van der Waals surface area (Å²) in [4.78, 5) is 49.0. The van der Waals surface area contributed by atoms with Gasteiger partial charge in [-0.1, -0.05) is 24.3 Å². The molecule has 3 aromatic carbocycles. The molecule has 0 spiro atoms. The Morgan fingerprint density at radius 2 is 1.70 bits per heavy atom. The van der Waals surface area contributed by atoms with Crippen LogP contribution in [0.5, 0.6) is 5.75 Å². The first-order valence-corrected chi connectivity index (χ1v) is 9.88. The number of rotatable bonds is 6. The Balaban J connectivity index is 1.46. The van der Waals surface area contributed by atoms with Gasteiger partial charge in [0.25, 0.3) is 17.5 Å². The van der Waals surface area contributed by atoms with Gasteiger partial charge in [-0.05, 0) is 36.4 Å². The smallest absolute Gasteiger partial charge is 0.271 e. The van der Waals surface area contributed by atoms with Crippen LogP contribution in [0.25, 0.3) is 0 Å². The number of benzene rings is 3. The van der Waals surface area contributed by atoms with E-state index in [1.54, 1.807) is 48.5 Å². The molecule has 0 saturated heterocycles. The number of carbonyl (C=O) groups is 3. The minimum Gasteiger partial charge on any atom is -0.482 e. The predicted molar refractivity (Wildman–Crippen MR) is 120 cm³/mol. The molecule has 1 heterocycles. The van der Waals surface area contributed by atoms with Gasteiger partial charge >= 0.3 is 0 Å².